The number of amides is 1. The molecular weight excluding hydrogens is 426 g/mol. The van der Waals surface area contributed by atoms with E-state index in [0.717, 1.165) is 64.2 Å². The van der Waals surface area contributed by atoms with Crippen LogP contribution in [0.25, 0.3) is 0 Å². The number of aromatic hydroxyl groups is 1. The highest BCUT2D eigenvalue weighted by Gasteiger charge is 2.30. The number of carboxylic acids is 2. The second-order valence-corrected chi connectivity index (χ2v) is 8.13. The fraction of sp³-hybridized carbons (Fsp3) is 0.571. The van der Waals surface area contributed by atoms with Crippen LogP contribution in [0, 0.1) is 5.92 Å². The van der Waals surface area contributed by atoms with Gasteiger partial charge in [0.25, 0.3) is 0 Å². The predicted molar refractivity (Wildman–Crippen MR) is 115 cm³/mol. The van der Waals surface area contributed by atoms with Crippen LogP contribution >= 0.6 is 11.6 Å². The number of phenols is 1. The number of carbonyl (C=O) groups is 3. The number of phenolic OH excluding ortho intramolecular Hbond substituents is 1. The van der Waals surface area contributed by atoms with E-state index in [2.05, 4.69) is 21.6 Å². The molecule has 0 unspecified atom stereocenters. The maximum atomic E-state index is 12.7. The fourth-order valence-electron chi connectivity index (χ4n) is 3.80. The lowest BCUT2D eigenvalue weighted by molar-refractivity contribution is -0.159. The van der Waals surface area contributed by atoms with Crippen molar-refractivity contribution in [1.82, 2.24) is 14.7 Å². The maximum Gasteiger partial charge on any atom is 0.414 e. The van der Waals surface area contributed by atoms with E-state index < -0.39 is 11.9 Å². The second kappa shape index (κ2) is 11.9. The molecule has 2 aliphatic heterocycles. The molecule has 3 N–H and O–H groups in total. The number of carbonyl (C=O) groups excluding carboxylic acids is 1. The highest BCUT2D eigenvalue weighted by molar-refractivity contribution is 6.30. The zero-order valence-electron chi connectivity index (χ0n) is 17.7. The fourth-order valence-corrected chi connectivity index (χ4v) is 4.00. The van der Waals surface area contributed by atoms with Crippen molar-refractivity contribution in [2.24, 2.45) is 5.92 Å². The largest absolute Gasteiger partial charge is 0.508 e. The Balaban J connectivity index is 0.000000501. The van der Waals surface area contributed by atoms with Crippen molar-refractivity contribution in [3.05, 3.63) is 28.8 Å². The number of nitrogens with zero attached hydrogens (tertiary/aromatic N) is 3. The summed E-state index contributed by atoms with van der Waals surface area (Å²) >= 11 is 6.02. The molecule has 2 aliphatic rings. The van der Waals surface area contributed by atoms with Crippen LogP contribution in [-0.4, -0.2) is 93.7 Å². The van der Waals surface area contributed by atoms with E-state index in [9.17, 15) is 9.90 Å². The van der Waals surface area contributed by atoms with Crippen molar-refractivity contribution in [2.45, 2.75) is 26.3 Å². The molecule has 0 aromatic heterocycles. The topological polar surface area (TPSA) is 122 Å². The average Bonchev–Trinajstić information content (AvgIpc) is 2.77. The van der Waals surface area contributed by atoms with Crippen molar-refractivity contribution in [1.29, 1.82) is 0 Å². The lowest BCUT2D eigenvalue weighted by Crippen LogP contribution is -2.51. The first-order chi connectivity index (χ1) is 14.7. The molecule has 2 saturated heterocycles. The molecule has 1 aromatic carbocycles. The molecule has 10 heteroatoms. The molecule has 0 aliphatic carbocycles. The zero-order valence-corrected chi connectivity index (χ0v) is 18.4. The Hall–Kier alpha value is -2.36. The van der Waals surface area contributed by atoms with E-state index in [1.54, 1.807) is 12.1 Å². The van der Waals surface area contributed by atoms with Crippen LogP contribution in [-0.2, 0) is 20.9 Å². The van der Waals surface area contributed by atoms with E-state index in [1.165, 1.54) is 0 Å². The molecule has 0 radical (unpaired) electrons. The van der Waals surface area contributed by atoms with E-state index in [-0.39, 0.29) is 11.7 Å². The van der Waals surface area contributed by atoms with Crippen LogP contribution in [0.5, 0.6) is 5.75 Å². The summed E-state index contributed by atoms with van der Waals surface area (Å²) < 4.78 is 0. The highest BCUT2D eigenvalue weighted by Crippen LogP contribution is 2.26. The molecule has 1 amide bonds. The van der Waals surface area contributed by atoms with Crippen LogP contribution in [0.4, 0.5) is 0 Å². The molecule has 0 atom stereocenters. The van der Waals surface area contributed by atoms with Gasteiger partial charge < -0.3 is 25.1 Å². The maximum absolute atomic E-state index is 12.7. The summed E-state index contributed by atoms with van der Waals surface area (Å²) in [6, 6.07) is 5.16. The minimum Gasteiger partial charge on any atom is -0.508 e. The van der Waals surface area contributed by atoms with Gasteiger partial charge in [-0.2, -0.15) is 0 Å². The average molecular weight is 456 g/mol. The molecule has 0 saturated carbocycles. The number of likely N-dealkylation sites (tertiary alicyclic amines) is 1. The Kier molecular flexibility index (Phi) is 9.54. The van der Waals surface area contributed by atoms with Crippen LogP contribution < -0.4 is 0 Å². The third-order valence-electron chi connectivity index (χ3n) is 5.69. The molecule has 3 rings (SSSR count). The summed E-state index contributed by atoms with van der Waals surface area (Å²) in [5.74, 6) is -2.88. The molecule has 2 fully saturated rings. The van der Waals surface area contributed by atoms with Gasteiger partial charge in [0, 0.05) is 49.2 Å². The molecule has 0 spiro atoms. The normalized spacial score (nSPS) is 18.2. The van der Waals surface area contributed by atoms with E-state index in [0.29, 0.717) is 17.5 Å². The third-order valence-corrected chi connectivity index (χ3v) is 5.92. The number of carboxylic acid groups (broad SMARTS) is 2. The number of piperidine rings is 1. The van der Waals surface area contributed by atoms with Crippen molar-refractivity contribution < 1.29 is 29.7 Å². The quantitative estimate of drug-likeness (QED) is 0.585. The van der Waals surface area contributed by atoms with Crippen molar-refractivity contribution in [3.8, 4) is 5.75 Å². The molecule has 0 bridgehead atoms. The summed E-state index contributed by atoms with van der Waals surface area (Å²) in [7, 11) is 0. The Bertz CT molecular complexity index is 762. The zero-order chi connectivity index (χ0) is 23.0. The summed E-state index contributed by atoms with van der Waals surface area (Å²) in [4.78, 5) is 37.7. The second-order valence-electron chi connectivity index (χ2n) is 7.69. The monoisotopic (exact) mass is 455 g/mol. The Labute approximate surface area is 186 Å². The number of likely N-dealkylation sites (N-methyl/N-ethyl adjacent to an activating group) is 1. The van der Waals surface area contributed by atoms with Crippen molar-refractivity contribution in [3.63, 3.8) is 0 Å². The van der Waals surface area contributed by atoms with E-state index >= 15 is 0 Å². The standard InChI is InChI=1S/C19H28ClN3O2.C2H2O4/c1-2-21-9-11-23(12-10-21)19(25)15-5-7-22(8-6-15)14-16-13-17(20)3-4-18(16)24;3-1(4)2(5)6/h3-4,13,15,24H,2,5-12,14H2,1H3;(H,3,4)(H,5,6). The van der Waals surface area contributed by atoms with Gasteiger partial charge in [0.05, 0.1) is 0 Å². The number of rotatable bonds is 4. The minimum atomic E-state index is -1.82. The smallest absolute Gasteiger partial charge is 0.414 e. The van der Waals surface area contributed by atoms with Gasteiger partial charge in [0.2, 0.25) is 5.91 Å². The molecule has 2 heterocycles. The molecule has 1 aromatic rings. The van der Waals surface area contributed by atoms with Gasteiger partial charge in [-0.1, -0.05) is 18.5 Å². The van der Waals surface area contributed by atoms with Gasteiger partial charge in [-0.15, -0.1) is 0 Å². The summed E-state index contributed by atoms with van der Waals surface area (Å²) in [5.41, 5.74) is 0.855. The van der Waals surface area contributed by atoms with E-state index in [4.69, 9.17) is 31.4 Å². The number of aliphatic carboxylic acids is 2. The Morgan fingerprint density at radius 1 is 0.968 bits per heavy atom. The number of hydrogen-bond donors (Lipinski definition) is 3. The van der Waals surface area contributed by atoms with E-state index in [1.807, 2.05) is 6.07 Å². The lowest BCUT2D eigenvalue weighted by atomic mass is 9.94. The first-order valence-electron chi connectivity index (χ1n) is 10.4. The van der Waals surface area contributed by atoms with Crippen LogP contribution in [0.1, 0.15) is 25.3 Å². The van der Waals surface area contributed by atoms with Crippen LogP contribution in [0.2, 0.25) is 5.02 Å². The summed E-state index contributed by atoms with van der Waals surface area (Å²) in [5, 5.41) is 25.4. The number of halogens is 1. The number of benzene rings is 1. The predicted octanol–water partition coefficient (Wildman–Crippen LogP) is 1.58. The Morgan fingerprint density at radius 3 is 2.06 bits per heavy atom. The number of piperazine rings is 1. The SMILES string of the molecule is CCN1CCN(C(=O)C2CCN(Cc3cc(Cl)ccc3O)CC2)CC1.O=C(O)C(=O)O. The third kappa shape index (κ3) is 7.68. The van der Waals surface area contributed by atoms with Gasteiger partial charge in [-0.05, 0) is 50.7 Å². The van der Waals surface area contributed by atoms with Gasteiger partial charge in [0.1, 0.15) is 5.75 Å². The van der Waals surface area contributed by atoms with Crippen molar-refractivity contribution in [2.75, 3.05) is 45.8 Å². The molecular formula is C21H30ClN3O6. The first kappa shape index (κ1) is 24.9. The van der Waals surface area contributed by atoms with Crippen LogP contribution in [0.3, 0.4) is 0 Å². The highest BCUT2D eigenvalue weighted by atomic mass is 35.5. The molecule has 9 nitrogen and oxygen atoms in total. The summed E-state index contributed by atoms with van der Waals surface area (Å²) in [6.07, 6.45) is 1.79. The summed E-state index contributed by atoms with van der Waals surface area (Å²) in [6.45, 7) is 9.41. The van der Waals surface area contributed by atoms with Gasteiger partial charge in [-0.3, -0.25) is 9.69 Å². The Morgan fingerprint density at radius 2 is 1.55 bits per heavy atom. The lowest BCUT2D eigenvalue weighted by Gasteiger charge is -2.38. The molecule has 172 valence electrons. The first-order valence-corrected chi connectivity index (χ1v) is 10.8. The minimum absolute atomic E-state index is 0.150. The van der Waals surface area contributed by atoms with Gasteiger partial charge in [0.15, 0.2) is 0 Å². The molecule has 31 heavy (non-hydrogen) atoms. The number of hydrogen-bond acceptors (Lipinski definition) is 6. The van der Waals surface area contributed by atoms with Crippen LogP contribution in [0.15, 0.2) is 18.2 Å². The van der Waals surface area contributed by atoms with Gasteiger partial charge >= 0.3 is 11.9 Å². The van der Waals surface area contributed by atoms with Gasteiger partial charge in [-0.25, -0.2) is 9.59 Å². The van der Waals surface area contributed by atoms with Crippen molar-refractivity contribution >= 4 is 29.4 Å².